The number of fused-ring (bicyclic) bond motifs is 1. The van der Waals surface area contributed by atoms with Crippen LogP contribution in [0.3, 0.4) is 0 Å². The van der Waals surface area contributed by atoms with E-state index in [0.29, 0.717) is 23.4 Å². The Morgan fingerprint density at radius 3 is 2.28 bits per heavy atom. The summed E-state index contributed by atoms with van der Waals surface area (Å²) < 4.78 is 27.2. The SMILES string of the molecule is CN(Cc1cc2ccccc2n1C)C(=O)c1ccc(N)c(CN(C)C(=O)C(O)CS(=O)(=O)c2ccccc2)c1. The van der Waals surface area contributed by atoms with Gasteiger partial charge in [0.1, 0.15) is 6.10 Å². The first kappa shape index (κ1) is 27.9. The predicted octanol–water partition coefficient (Wildman–Crippen LogP) is 2.83. The highest BCUT2D eigenvalue weighted by atomic mass is 32.2. The van der Waals surface area contributed by atoms with Gasteiger partial charge in [0.05, 0.1) is 17.2 Å². The van der Waals surface area contributed by atoms with Crippen LogP contribution in [0.15, 0.2) is 83.8 Å². The molecule has 0 saturated carbocycles. The molecule has 4 rings (SSSR count). The second-order valence-corrected chi connectivity index (χ2v) is 11.7. The summed E-state index contributed by atoms with van der Waals surface area (Å²) >= 11 is 0. The average molecular weight is 549 g/mol. The number of hydrogen-bond donors (Lipinski definition) is 2. The highest BCUT2D eigenvalue weighted by molar-refractivity contribution is 7.91. The molecule has 1 aromatic heterocycles. The van der Waals surface area contributed by atoms with Crippen LogP contribution < -0.4 is 5.73 Å². The third-order valence-electron chi connectivity index (χ3n) is 6.74. The minimum Gasteiger partial charge on any atom is -0.398 e. The van der Waals surface area contributed by atoms with Gasteiger partial charge in [-0.2, -0.15) is 0 Å². The van der Waals surface area contributed by atoms with E-state index in [2.05, 4.69) is 10.6 Å². The molecule has 3 aromatic carbocycles. The van der Waals surface area contributed by atoms with Gasteiger partial charge in [-0.15, -0.1) is 0 Å². The number of benzene rings is 3. The molecule has 3 N–H and O–H groups in total. The Kier molecular flexibility index (Phi) is 8.08. The number of rotatable bonds is 9. The van der Waals surface area contributed by atoms with Gasteiger partial charge in [-0.25, -0.2) is 8.42 Å². The van der Waals surface area contributed by atoms with Gasteiger partial charge in [-0.05, 0) is 53.4 Å². The lowest BCUT2D eigenvalue weighted by atomic mass is 10.1. The van der Waals surface area contributed by atoms with E-state index in [1.807, 2.05) is 31.3 Å². The number of nitrogens with two attached hydrogens (primary N) is 1. The van der Waals surface area contributed by atoms with E-state index in [9.17, 15) is 23.1 Å². The molecule has 0 aliphatic heterocycles. The van der Waals surface area contributed by atoms with Gasteiger partial charge >= 0.3 is 0 Å². The van der Waals surface area contributed by atoms with Crippen LogP contribution in [-0.4, -0.2) is 65.7 Å². The number of likely N-dealkylation sites (N-methyl/N-ethyl adjacent to an activating group) is 1. The first-order valence-corrected chi connectivity index (χ1v) is 14.0. The number of nitrogen functional groups attached to an aromatic ring is 1. The van der Waals surface area contributed by atoms with E-state index in [0.717, 1.165) is 16.6 Å². The van der Waals surface area contributed by atoms with Crippen molar-refractivity contribution in [3.8, 4) is 0 Å². The van der Waals surface area contributed by atoms with Gasteiger partial charge in [0.15, 0.2) is 9.84 Å². The Bertz CT molecular complexity index is 1620. The van der Waals surface area contributed by atoms with Gasteiger partial charge in [-0.1, -0.05) is 36.4 Å². The second kappa shape index (κ2) is 11.3. The van der Waals surface area contributed by atoms with E-state index < -0.39 is 27.6 Å². The lowest BCUT2D eigenvalue weighted by Gasteiger charge is -2.22. The molecule has 9 nitrogen and oxygen atoms in total. The number of hydrogen-bond acceptors (Lipinski definition) is 6. The van der Waals surface area contributed by atoms with E-state index in [1.165, 1.54) is 24.1 Å². The maximum Gasteiger partial charge on any atom is 0.253 e. The van der Waals surface area contributed by atoms with Crippen molar-refractivity contribution in [2.75, 3.05) is 25.6 Å². The maximum absolute atomic E-state index is 13.2. The zero-order valence-electron chi connectivity index (χ0n) is 22.1. The summed E-state index contributed by atoms with van der Waals surface area (Å²) in [7, 11) is 1.27. The number of amides is 2. The average Bonchev–Trinajstić information content (AvgIpc) is 3.24. The number of carbonyl (C=O) groups is 2. The number of aryl methyl sites for hydroxylation is 1. The third-order valence-corrected chi connectivity index (χ3v) is 8.48. The Labute approximate surface area is 228 Å². The van der Waals surface area contributed by atoms with E-state index in [1.54, 1.807) is 48.3 Å². The molecule has 0 fully saturated rings. The zero-order chi connectivity index (χ0) is 28.3. The van der Waals surface area contributed by atoms with Crippen LogP contribution in [0.5, 0.6) is 0 Å². The fourth-order valence-electron chi connectivity index (χ4n) is 4.50. The van der Waals surface area contributed by atoms with Crippen LogP contribution in [0.1, 0.15) is 21.6 Å². The maximum atomic E-state index is 13.2. The number of aliphatic hydroxyl groups excluding tert-OH is 1. The van der Waals surface area contributed by atoms with Crippen LogP contribution in [-0.2, 0) is 34.8 Å². The Morgan fingerprint density at radius 2 is 1.59 bits per heavy atom. The van der Waals surface area contributed by atoms with Crippen molar-refractivity contribution >= 4 is 38.2 Å². The fraction of sp³-hybridized carbons (Fsp3) is 0.241. The molecule has 0 aliphatic rings. The molecule has 1 heterocycles. The zero-order valence-corrected chi connectivity index (χ0v) is 22.9. The largest absolute Gasteiger partial charge is 0.398 e. The molecule has 0 bridgehead atoms. The van der Waals surface area contributed by atoms with Crippen LogP contribution in [0.4, 0.5) is 5.69 Å². The molecule has 39 heavy (non-hydrogen) atoms. The first-order valence-electron chi connectivity index (χ1n) is 12.4. The minimum atomic E-state index is -3.86. The molecule has 10 heteroatoms. The van der Waals surface area contributed by atoms with Crippen molar-refractivity contribution in [2.45, 2.75) is 24.1 Å². The highest BCUT2D eigenvalue weighted by Gasteiger charge is 2.27. The number of aliphatic hydroxyl groups is 1. The van der Waals surface area contributed by atoms with Crippen LogP contribution in [0, 0.1) is 0 Å². The number of carbonyl (C=O) groups excluding carboxylic acids is 2. The molecule has 0 spiro atoms. The molecule has 1 atom stereocenters. The quantitative estimate of drug-likeness (QED) is 0.310. The summed E-state index contributed by atoms with van der Waals surface area (Å²) in [5.74, 6) is -1.73. The summed E-state index contributed by atoms with van der Waals surface area (Å²) in [6.45, 7) is 0.380. The fourth-order valence-corrected chi connectivity index (χ4v) is 5.82. The normalized spacial score (nSPS) is 12.3. The van der Waals surface area contributed by atoms with Gasteiger partial charge in [-0.3, -0.25) is 9.59 Å². The van der Waals surface area contributed by atoms with Crippen molar-refractivity contribution in [1.82, 2.24) is 14.4 Å². The molecular weight excluding hydrogens is 516 g/mol. The van der Waals surface area contributed by atoms with Crippen molar-refractivity contribution in [2.24, 2.45) is 7.05 Å². The number of para-hydroxylation sites is 1. The molecule has 2 amide bonds. The second-order valence-electron chi connectivity index (χ2n) is 9.63. The molecule has 0 radical (unpaired) electrons. The van der Waals surface area contributed by atoms with Gasteiger partial charge in [0.25, 0.3) is 11.8 Å². The number of nitrogens with zero attached hydrogens (tertiary/aromatic N) is 3. The van der Waals surface area contributed by atoms with Gasteiger partial charge < -0.3 is 25.2 Å². The van der Waals surface area contributed by atoms with Crippen LogP contribution in [0.2, 0.25) is 0 Å². The van der Waals surface area contributed by atoms with Crippen molar-refractivity contribution < 1.29 is 23.1 Å². The van der Waals surface area contributed by atoms with Crippen molar-refractivity contribution in [3.63, 3.8) is 0 Å². The van der Waals surface area contributed by atoms with E-state index >= 15 is 0 Å². The molecular formula is C29H32N4O5S. The lowest BCUT2D eigenvalue weighted by molar-refractivity contribution is -0.138. The monoisotopic (exact) mass is 548 g/mol. The molecule has 4 aromatic rings. The Hall–Kier alpha value is -4.15. The van der Waals surface area contributed by atoms with Gasteiger partial charge in [0.2, 0.25) is 0 Å². The summed E-state index contributed by atoms with van der Waals surface area (Å²) in [5.41, 5.74) is 9.46. The summed E-state index contributed by atoms with van der Waals surface area (Å²) in [6, 6.07) is 22.5. The van der Waals surface area contributed by atoms with Crippen LogP contribution >= 0.6 is 0 Å². The minimum absolute atomic E-state index is 0.0128. The number of anilines is 1. The smallest absolute Gasteiger partial charge is 0.253 e. The summed E-state index contributed by atoms with van der Waals surface area (Å²) in [4.78, 5) is 28.9. The topological polar surface area (TPSA) is 126 Å². The standard InChI is InChI=1S/C29H32N4O5S/c1-31(29(36)27(34)19-39(37,38)24-10-5-4-6-11-24)17-22-15-21(13-14-25(22)30)28(35)32(2)18-23-16-20-9-7-8-12-26(20)33(23)3/h4-16,27,34H,17-19,30H2,1-3H3. The molecule has 204 valence electrons. The van der Waals surface area contributed by atoms with Gasteiger partial charge in [0, 0.05) is 50.1 Å². The predicted molar refractivity (Wildman–Crippen MR) is 151 cm³/mol. The molecule has 0 aliphatic carbocycles. The van der Waals surface area contributed by atoms with Crippen molar-refractivity contribution in [1.29, 1.82) is 0 Å². The van der Waals surface area contributed by atoms with Crippen molar-refractivity contribution in [3.05, 3.63) is 95.7 Å². The van der Waals surface area contributed by atoms with Crippen LogP contribution in [0.25, 0.3) is 10.9 Å². The molecule has 0 saturated heterocycles. The highest BCUT2D eigenvalue weighted by Crippen LogP contribution is 2.22. The Balaban J connectivity index is 1.44. The number of aromatic nitrogens is 1. The Morgan fingerprint density at radius 1 is 0.923 bits per heavy atom. The van der Waals surface area contributed by atoms with E-state index in [-0.39, 0.29) is 17.3 Å². The third kappa shape index (κ3) is 6.13. The number of sulfone groups is 1. The summed E-state index contributed by atoms with van der Waals surface area (Å²) in [6.07, 6.45) is -1.75. The van der Waals surface area contributed by atoms with E-state index in [4.69, 9.17) is 5.73 Å². The first-order chi connectivity index (χ1) is 18.5. The lowest BCUT2D eigenvalue weighted by Crippen LogP contribution is -2.40. The summed E-state index contributed by atoms with van der Waals surface area (Å²) in [5, 5.41) is 11.5. The molecule has 1 unspecified atom stereocenters.